The fourth-order valence-electron chi connectivity index (χ4n) is 0.680. The molecule has 0 saturated heterocycles. The molecule has 0 bridgehead atoms. The lowest BCUT2D eigenvalue weighted by Gasteiger charge is -2.13. The van der Waals surface area contributed by atoms with Crippen molar-refractivity contribution in [2.24, 2.45) is 0 Å². The van der Waals surface area contributed by atoms with Crippen molar-refractivity contribution in [2.75, 3.05) is 19.4 Å². The van der Waals surface area contributed by atoms with E-state index in [1.807, 2.05) is 0 Å². The highest BCUT2D eigenvalue weighted by Crippen LogP contribution is 2.40. The molecule has 0 saturated carbocycles. The predicted octanol–water partition coefficient (Wildman–Crippen LogP) is -0.412. The van der Waals surface area contributed by atoms with E-state index in [-0.39, 0.29) is 19.4 Å². The summed E-state index contributed by atoms with van der Waals surface area (Å²) in [4.78, 5) is 30.7. The van der Waals surface area contributed by atoms with Gasteiger partial charge in [0.05, 0.1) is 13.2 Å². The molecule has 0 aliphatic carbocycles. The summed E-state index contributed by atoms with van der Waals surface area (Å²) in [5.74, 6) is -0.586. The van der Waals surface area contributed by atoms with Crippen molar-refractivity contribution in [3.8, 4) is 0 Å². The normalized spacial score (nSPS) is 14.4. The zero-order valence-electron chi connectivity index (χ0n) is 8.63. The van der Waals surface area contributed by atoms with Gasteiger partial charge in [0.25, 0.3) is 7.37 Å². The Labute approximate surface area is 87.5 Å². The van der Waals surface area contributed by atoms with E-state index < -0.39 is 18.8 Å². The number of amides is 1. The van der Waals surface area contributed by atoms with Gasteiger partial charge < -0.3 is 4.89 Å². The van der Waals surface area contributed by atoms with Crippen LogP contribution in [0.5, 0.6) is 0 Å². The molecular formula is C7H15N2O5P. The SMILES string of the molecule is CCP(=O)(O)C(=O)CNCN(O)C(C)=O. The second-order valence-electron chi connectivity index (χ2n) is 2.91. The minimum atomic E-state index is -3.73. The van der Waals surface area contributed by atoms with Crippen LogP contribution in [0.15, 0.2) is 0 Å². The first-order valence-corrected chi connectivity index (χ1v) is 6.18. The Kier molecular flexibility index (Phi) is 5.67. The molecule has 3 N–H and O–H groups in total. The number of hydrogen-bond donors (Lipinski definition) is 3. The minimum absolute atomic E-state index is 0.122. The molecule has 88 valence electrons. The van der Waals surface area contributed by atoms with E-state index in [1.165, 1.54) is 6.92 Å². The Morgan fingerprint density at radius 1 is 1.47 bits per heavy atom. The maximum atomic E-state index is 11.1. The molecule has 15 heavy (non-hydrogen) atoms. The average Bonchev–Trinajstić information content (AvgIpc) is 2.17. The van der Waals surface area contributed by atoms with Crippen LogP contribution < -0.4 is 5.32 Å². The van der Waals surface area contributed by atoms with Gasteiger partial charge in [-0.05, 0) is 0 Å². The molecule has 0 spiro atoms. The Morgan fingerprint density at radius 3 is 2.40 bits per heavy atom. The standard InChI is InChI=1S/C7H15N2O5P/c1-3-15(13,14)7(11)4-8-5-9(12)6(2)10/h8,12H,3-5H2,1-2H3,(H,13,14). The summed E-state index contributed by atoms with van der Waals surface area (Å²) < 4.78 is 11.1. The number of hydrogen-bond acceptors (Lipinski definition) is 5. The number of hydroxylamine groups is 2. The molecule has 0 aliphatic rings. The van der Waals surface area contributed by atoms with E-state index in [0.29, 0.717) is 5.06 Å². The van der Waals surface area contributed by atoms with Crippen molar-refractivity contribution in [1.29, 1.82) is 0 Å². The molecule has 7 nitrogen and oxygen atoms in total. The molecule has 0 aliphatic heterocycles. The van der Waals surface area contributed by atoms with Gasteiger partial charge in [0.1, 0.15) is 0 Å². The number of rotatable bonds is 6. The molecule has 0 fully saturated rings. The van der Waals surface area contributed by atoms with Crippen molar-refractivity contribution >= 4 is 18.8 Å². The third kappa shape index (κ3) is 5.03. The van der Waals surface area contributed by atoms with E-state index in [4.69, 9.17) is 10.1 Å². The summed E-state index contributed by atoms with van der Waals surface area (Å²) in [7, 11) is -3.73. The van der Waals surface area contributed by atoms with E-state index in [9.17, 15) is 14.2 Å². The number of carbonyl (C=O) groups is 2. The molecule has 1 amide bonds. The maximum absolute atomic E-state index is 11.1. The van der Waals surface area contributed by atoms with E-state index in [2.05, 4.69) is 5.32 Å². The largest absolute Gasteiger partial charge is 0.339 e. The van der Waals surface area contributed by atoms with Crippen molar-refractivity contribution in [3.63, 3.8) is 0 Å². The Bertz CT molecular complexity index is 293. The van der Waals surface area contributed by atoms with E-state index in [1.54, 1.807) is 0 Å². The third-order valence-electron chi connectivity index (χ3n) is 1.72. The van der Waals surface area contributed by atoms with Crippen LogP contribution >= 0.6 is 7.37 Å². The summed E-state index contributed by atoms with van der Waals surface area (Å²) >= 11 is 0. The van der Waals surface area contributed by atoms with Gasteiger partial charge in [-0.3, -0.25) is 24.7 Å². The highest BCUT2D eigenvalue weighted by atomic mass is 31.2. The molecule has 0 aromatic carbocycles. The number of nitrogens with zero attached hydrogens (tertiary/aromatic N) is 1. The van der Waals surface area contributed by atoms with Crippen LogP contribution in [0.4, 0.5) is 0 Å². The first kappa shape index (κ1) is 14.2. The Morgan fingerprint density at radius 2 is 2.00 bits per heavy atom. The molecule has 0 aromatic heterocycles. The lowest BCUT2D eigenvalue weighted by molar-refractivity contribution is -0.164. The molecule has 1 atom stereocenters. The van der Waals surface area contributed by atoms with Crippen molar-refractivity contribution in [3.05, 3.63) is 0 Å². The predicted molar refractivity (Wildman–Crippen MR) is 52.5 cm³/mol. The van der Waals surface area contributed by atoms with Crippen LogP contribution in [0.3, 0.4) is 0 Å². The van der Waals surface area contributed by atoms with Crippen LogP contribution in [0.1, 0.15) is 13.8 Å². The van der Waals surface area contributed by atoms with E-state index >= 15 is 0 Å². The van der Waals surface area contributed by atoms with Crippen molar-refractivity contribution in [1.82, 2.24) is 10.4 Å². The molecule has 0 aromatic rings. The lowest BCUT2D eigenvalue weighted by atomic mass is 10.6. The van der Waals surface area contributed by atoms with Crippen molar-refractivity contribution in [2.45, 2.75) is 13.8 Å². The average molecular weight is 238 g/mol. The van der Waals surface area contributed by atoms with Crippen molar-refractivity contribution < 1.29 is 24.3 Å². The van der Waals surface area contributed by atoms with Gasteiger partial charge in [-0.2, -0.15) is 0 Å². The molecule has 1 unspecified atom stereocenters. The third-order valence-corrected chi connectivity index (χ3v) is 3.51. The molecular weight excluding hydrogens is 223 g/mol. The summed E-state index contributed by atoms with van der Waals surface area (Å²) in [6.07, 6.45) is -0.122. The first-order valence-electron chi connectivity index (χ1n) is 4.34. The smallest absolute Gasteiger partial charge is 0.265 e. The lowest BCUT2D eigenvalue weighted by Crippen LogP contribution is -2.37. The molecule has 0 radical (unpaired) electrons. The summed E-state index contributed by atoms with van der Waals surface area (Å²) in [5.41, 5.74) is -0.818. The number of carbonyl (C=O) groups excluding carboxylic acids is 2. The summed E-state index contributed by atoms with van der Waals surface area (Å²) in [6.45, 7) is 1.97. The van der Waals surface area contributed by atoms with Gasteiger partial charge in [-0.15, -0.1) is 0 Å². The van der Waals surface area contributed by atoms with Gasteiger partial charge >= 0.3 is 0 Å². The highest BCUT2D eigenvalue weighted by molar-refractivity contribution is 7.75. The molecule has 0 heterocycles. The van der Waals surface area contributed by atoms with Crippen LogP contribution in [0.2, 0.25) is 0 Å². The first-order chi connectivity index (χ1) is 6.81. The van der Waals surface area contributed by atoms with Gasteiger partial charge in [0.2, 0.25) is 11.4 Å². The van der Waals surface area contributed by atoms with Crippen LogP contribution in [0, 0.1) is 0 Å². The second kappa shape index (κ2) is 5.97. The van der Waals surface area contributed by atoms with Gasteiger partial charge in [0.15, 0.2) is 0 Å². The monoisotopic (exact) mass is 238 g/mol. The number of nitrogens with one attached hydrogen (secondary N) is 1. The Balaban J connectivity index is 3.93. The zero-order valence-corrected chi connectivity index (χ0v) is 9.53. The topological polar surface area (TPSA) is 107 Å². The minimum Gasteiger partial charge on any atom is -0.339 e. The Hall–Kier alpha value is -0.750. The molecule has 8 heteroatoms. The maximum Gasteiger partial charge on any atom is 0.265 e. The quantitative estimate of drug-likeness (QED) is 0.251. The summed E-state index contributed by atoms with van der Waals surface area (Å²) in [5, 5.41) is 11.6. The van der Waals surface area contributed by atoms with E-state index in [0.717, 1.165) is 6.92 Å². The molecule has 0 rings (SSSR count). The fraction of sp³-hybridized carbons (Fsp3) is 0.714. The fourth-order valence-corrected chi connectivity index (χ4v) is 1.39. The zero-order chi connectivity index (χ0) is 12.1. The van der Waals surface area contributed by atoms with Gasteiger partial charge in [-0.1, -0.05) is 6.92 Å². The van der Waals surface area contributed by atoms with Crippen LogP contribution in [-0.4, -0.2) is 46.0 Å². The van der Waals surface area contributed by atoms with Crippen LogP contribution in [-0.2, 0) is 14.2 Å². The highest BCUT2D eigenvalue weighted by Gasteiger charge is 2.25. The summed E-state index contributed by atoms with van der Waals surface area (Å²) in [6, 6.07) is 0. The second-order valence-corrected chi connectivity index (χ2v) is 5.45. The van der Waals surface area contributed by atoms with Gasteiger partial charge in [0, 0.05) is 13.1 Å². The van der Waals surface area contributed by atoms with Crippen LogP contribution in [0.25, 0.3) is 0 Å². The van der Waals surface area contributed by atoms with Gasteiger partial charge in [-0.25, -0.2) is 5.06 Å².